The van der Waals surface area contributed by atoms with Crippen LogP contribution in [0.2, 0.25) is 0 Å². The average molecular weight is 953 g/mol. The molecule has 0 aliphatic carbocycles. The van der Waals surface area contributed by atoms with Crippen LogP contribution in [-0.2, 0) is 10.8 Å². The van der Waals surface area contributed by atoms with E-state index < -0.39 is 168 Å². The predicted molar refractivity (Wildman–Crippen MR) is 195 cm³/mol. The number of hydrogen-bond donors (Lipinski definition) is 0. The molecule has 0 saturated heterocycles. The highest BCUT2D eigenvalue weighted by Gasteiger charge is 2.76. The van der Waals surface area contributed by atoms with Crippen LogP contribution >= 0.6 is 0 Å². The lowest BCUT2D eigenvalue weighted by atomic mass is 9.69. The molecule has 4 aromatic rings. The number of imide groups is 4. The van der Waals surface area contributed by atoms with Gasteiger partial charge in [-0.2, -0.15) is 52.7 Å². The summed E-state index contributed by atoms with van der Waals surface area (Å²) >= 11 is 0. The van der Waals surface area contributed by atoms with Crippen LogP contribution in [0.15, 0.2) is 60.7 Å². The molecule has 0 fully saturated rings. The Morgan fingerprint density at radius 2 is 0.776 bits per heavy atom. The molecule has 346 valence electrons. The Hall–Kier alpha value is -7.60. The molecule has 0 bridgehead atoms. The summed E-state index contributed by atoms with van der Waals surface area (Å²) in [6.45, 7) is -0.509. The Balaban J connectivity index is 1.10. The van der Waals surface area contributed by atoms with Crippen molar-refractivity contribution in [3.05, 3.63) is 127 Å². The first-order valence-corrected chi connectivity index (χ1v) is 19.0. The third-order valence-corrected chi connectivity index (χ3v) is 12.4. The number of rotatable bonds is 5. The number of nitrogens with zero attached hydrogens (tertiary/aromatic N) is 4. The minimum atomic E-state index is -6.37. The Morgan fingerprint density at radius 3 is 1.16 bits per heavy atom. The summed E-state index contributed by atoms with van der Waals surface area (Å²) in [5, 5.41) is 0. The highest BCUT2D eigenvalue weighted by molar-refractivity contribution is 6.25. The molecule has 5 aliphatic rings. The Labute approximate surface area is 364 Å². The van der Waals surface area contributed by atoms with E-state index in [1.165, 1.54) is 6.92 Å². The molecule has 0 atom stereocenters. The summed E-state index contributed by atoms with van der Waals surface area (Å²) < 4.78 is 188. The second kappa shape index (κ2) is 13.5. The van der Waals surface area contributed by atoms with Crippen molar-refractivity contribution in [1.29, 1.82) is 0 Å². The first-order chi connectivity index (χ1) is 31.0. The molecule has 0 aromatic heterocycles. The van der Waals surface area contributed by atoms with Crippen LogP contribution in [0.5, 0.6) is 11.5 Å². The van der Waals surface area contributed by atoms with Crippen molar-refractivity contribution in [2.45, 2.75) is 42.5 Å². The highest BCUT2D eigenvalue weighted by Crippen LogP contribution is 2.64. The summed E-state index contributed by atoms with van der Waals surface area (Å²) in [6.07, 6.45) is -25.4. The fraction of sp³-hybridized carbons (Fsp3) is 0.238. The lowest BCUT2D eigenvalue weighted by molar-refractivity contribution is -0.290. The average Bonchev–Trinajstić information content (AvgIpc) is 3.79. The number of alkyl halides is 12. The largest absolute Gasteiger partial charge is 0.457 e. The third kappa shape index (κ3) is 5.46. The van der Waals surface area contributed by atoms with Gasteiger partial charge in [0.1, 0.15) is 18.2 Å². The van der Waals surface area contributed by atoms with E-state index in [2.05, 4.69) is 0 Å². The number of fused-ring (bicyclic) bond motifs is 6. The zero-order valence-electron chi connectivity index (χ0n) is 33.2. The Kier molecular flexibility index (Phi) is 8.98. The maximum atomic E-state index is 15.2. The van der Waals surface area contributed by atoms with E-state index in [0.717, 1.165) is 7.05 Å². The fourth-order valence-electron chi connectivity index (χ4n) is 9.21. The van der Waals surface area contributed by atoms with Gasteiger partial charge in [-0.15, -0.1) is 0 Å². The van der Waals surface area contributed by atoms with Gasteiger partial charge in [-0.3, -0.25) is 58.0 Å². The van der Waals surface area contributed by atoms with Crippen LogP contribution in [0.1, 0.15) is 112 Å². The van der Waals surface area contributed by atoms with Crippen molar-refractivity contribution in [3.8, 4) is 11.5 Å². The molecule has 0 N–H and O–H groups in total. The molecule has 8 amide bonds. The molecule has 0 saturated carbocycles. The number of carbonyl (C=O) groups excluding carboxylic acids is 8. The van der Waals surface area contributed by atoms with E-state index in [1.807, 2.05) is 0 Å². The monoisotopic (exact) mass is 952 g/mol. The molecular weight excluding hydrogens is 932 g/mol. The first kappa shape index (κ1) is 44.6. The molecule has 0 spiro atoms. The van der Waals surface area contributed by atoms with Crippen molar-refractivity contribution in [1.82, 2.24) is 19.6 Å². The number of carbonyl (C=O) groups is 8. The summed E-state index contributed by atoms with van der Waals surface area (Å²) in [7, 11) is 0.908. The molecule has 13 nitrogen and oxygen atoms in total. The van der Waals surface area contributed by atoms with E-state index in [1.54, 1.807) is 0 Å². The Morgan fingerprint density at radius 1 is 0.448 bits per heavy atom. The van der Waals surface area contributed by atoms with Crippen LogP contribution in [0, 0.1) is 0 Å². The van der Waals surface area contributed by atoms with Gasteiger partial charge < -0.3 is 4.74 Å². The number of hydrogen-bond acceptors (Lipinski definition) is 9. The second-order valence-corrected chi connectivity index (χ2v) is 15.6. The van der Waals surface area contributed by atoms with E-state index in [0.29, 0.717) is 40.1 Å². The maximum Gasteiger partial charge on any atom is 0.411 e. The van der Waals surface area contributed by atoms with Crippen LogP contribution in [0.4, 0.5) is 52.7 Å². The van der Waals surface area contributed by atoms with Gasteiger partial charge in [0.2, 0.25) is 10.8 Å². The number of halogens is 12. The third-order valence-electron chi connectivity index (χ3n) is 12.4. The van der Waals surface area contributed by atoms with Gasteiger partial charge in [-0.05, 0) is 66.6 Å². The number of ether oxygens (including phenoxy) is 1. The normalized spacial score (nSPS) is 17.9. The lowest BCUT2D eigenvalue weighted by Gasteiger charge is -2.42. The Bertz CT molecular complexity index is 3050. The van der Waals surface area contributed by atoms with Gasteiger partial charge in [-0.25, -0.2) is 0 Å². The lowest BCUT2D eigenvalue weighted by Crippen LogP contribution is -2.56. The second-order valence-electron chi connectivity index (χ2n) is 15.6. The maximum absolute atomic E-state index is 15.2. The molecule has 67 heavy (non-hydrogen) atoms. The fourth-order valence-corrected chi connectivity index (χ4v) is 9.21. The summed E-state index contributed by atoms with van der Waals surface area (Å²) in [4.78, 5) is 107. The van der Waals surface area contributed by atoms with Crippen molar-refractivity contribution >= 4 is 47.3 Å². The van der Waals surface area contributed by atoms with E-state index in [9.17, 15) is 38.4 Å². The van der Waals surface area contributed by atoms with Crippen molar-refractivity contribution in [2.75, 3.05) is 20.3 Å². The minimum absolute atomic E-state index is 0.00739. The van der Waals surface area contributed by atoms with E-state index in [-0.39, 0.29) is 46.7 Å². The first-order valence-electron chi connectivity index (χ1n) is 19.0. The van der Waals surface area contributed by atoms with Crippen molar-refractivity contribution in [3.63, 3.8) is 0 Å². The van der Waals surface area contributed by atoms with Gasteiger partial charge in [0.25, 0.3) is 47.3 Å². The molecule has 4 aromatic carbocycles. The molecule has 0 unspecified atom stereocenters. The van der Waals surface area contributed by atoms with Gasteiger partial charge >= 0.3 is 24.7 Å². The number of amides is 8. The van der Waals surface area contributed by atoms with Crippen LogP contribution in [0.3, 0.4) is 0 Å². The molecule has 5 aliphatic heterocycles. The van der Waals surface area contributed by atoms with Crippen molar-refractivity contribution < 1.29 is 95.8 Å². The van der Waals surface area contributed by atoms with Gasteiger partial charge in [0.05, 0.1) is 44.5 Å². The summed E-state index contributed by atoms with van der Waals surface area (Å²) in [6, 6.07) is 2.74. The smallest absolute Gasteiger partial charge is 0.411 e. The van der Waals surface area contributed by atoms with Crippen LogP contribution in [0.25, 0.3) is 0 Å². The van der Waals surface area contributed by atoms with Crippen LogP contribution < -0.4 is 4.74 Å². The van der Waals surface area contributed by atoms with E-state index in [4.69, 9.17) is 4.74 Å². The van der Waals surface area contributed by atoms with Gasteiger partial charge in [0.15, 0.2) is 0 Å². The van der Waals surface area contributed by atoms with Gasteiger partial charge in [-0.1, -0.05) is 12.1 Å². The molecule has 5 heterocycles. The van der Waals surface area contributed by atoms with E-state index >= 15 is 52.7 Å². The summed E-state index contributed by atoms with van der Waals surface area (Å²) in [5.41, 5.74) is -24.0. The van der Waals surface area contributed by atoms with Crippen LogP contribution in [-0.4, -0.2) is 112 Å². The topological polar surface area (TPSA) is 159 Å². The predicted octanol–water partition coefficient (Wildman–Crippen LogP) is 7.31. The minimum Gasteiger partial charge on any atom is -0.457 e. The molecule has 25 heteroatoms. The quantitative estimate of drug-likeness (QED) is 0.148. The summed E-state index contributed by atoms with van der Waals surface area (Å²) in [5.74, 6) is -13.7. The zero-order chi connectivity index (χ0) is 49.2. The van der Waals surface area contributed by atoms with Crippen molar-refractivity contribution in [2.24, 2.45) is 0 Å². The highest BCUT2D eigenvalue weighted by atomic mass is 19.4. The molecule has 9 rings (SSSR count). The van der Waals surface area contributed by atoms with Gasteiger partial charge in [0, 0.05) is 24.7 Å². The number of benzene rings is 4. The SMILES string of the molecule is CCN1C(=O)c2ccc(C(c3ccc4c(c3)C(=O)N(CN3C(=O)c5cc6c(cc5C3=O)C(C(F)(F)F)(C(F)(F)F)c3cc5c(cc3O6)C(=O)N(C)C5=O)C4=O)(C(F)(F)F)C(F)(F)F)cc2C1=O. The molecule has 0 radical (unpaired) electrons. The zero-order valence-corrected chi connectivity index (χ0v) is 33.2. The standard InChI is InChI=1S/C42H20F12N4O9/c1-3-56-31(61)17-6-4-15(8-19(17)33(56)63)37(39(43,44)45,40(46,47)48)16-5-7-18-20(9-16)34(64)57(32(18)62)14-58-35(65)22-11-26-28(13-24(22)36(58)66)67-27-12-23-21(29(59)55(2)30(23)60)10-25(27)38(26,41(49,50)51)42(52,53)54/h4-13H,3,14H2,1-2H3. The molecular formula is C42H20F12N4O9.